The van der Waals surface area contributed by atoms with E-state index in [1.54, 1.807) is 18.4 Å². The van der Waals surface area contributed by atoms with Gasteiger partial charge in [-0.05, 0) is 42.0 Å². The number of rotatable bonds is 7. The topological polar surface area (TPSA) is 45.7 Å². The Kier molecular flexibility index (Phi) is 9.97. The Balaban J connectivity index is 0.00000288. The summed E-state index contributed by atoms with van der Waals surface area (Å²) in [4.78, 5) is 6.04. The molecule has 0 aliphatic rings. The van der Waals surface area contributed by atoms with Crippen molar-refractivity contribution in [3.8, 4) is 0 Å². The second-order valence-corrected chi connectivity index (χ2v) is 6.28. The van der Waals surface area contributed by atoms with Crippen LogP contribution in [-0.4, -0.2) is 19.6 Å². The van der Waals surface area contributed by atoms with Gasteiger partial charge in [0.25, 0.3) is 0 Å². The molecule has 0 fully saturated rings. The highest BCUT2D eigenvalue weighted by Gasteiger charge is 2.04. The zero-order valence-corrected chi connectivity index (χ0v) is 17.6. The number of aryl methyl sites for hydroxylation is 1. The molecule has 0 amide bonds. The van der Waals surface area contributed by atoms with Crippen LogP contribution in [0.2, 0.25) is 0 Å². The Morgan fingerprint density at radius 1 is 1.17 bits per heavy atom. The third-order valence-corrected chi connectivity index (χ3v) is 4.58. The molecule has 4 nitrogen and oxygen atoms in total. The van der Waals surface area contributed by atoms with E-state index in [0.717, 1.165) is 19.0 Å². The number of benzene rings is 1. The van der Waals surface area contributed by atoms with Crippen LogP contribution in [0.5, 0.6) is 0 Å². The third kappa shape index (κ3) is 6.41. The molecule has 0 aliphatic carbocycles. The summed E-state index contributed by atoms with van der Waals surface area (Å²) in [5.74, 6) is 0.840. The maximum absolute atomic E-state index is 5.25. The maximum atomic E-state index is 5.25. The Bertz CT molecular complexity index is 643. The van der Waals surface area contributed by atoms with E-state index in [2.05, 4.69) is 48.1 Å². The molecule has 1 heterocycles. The van der Waals surface area contributed by atoms with Gasteiger partial charge in [0.1, 0.15) is 0 Å². The summed E-state index contributed by atoms with van der Waals surface area (Å²) in [6.07, 6.45) is 0. The van der Waals surface area contributed by atoms with Gasteiger partial charge in [-0.25, -0.2) is 4.99 Å². The summed E-state index contributed by atoms with van der Waals surface area (Å²) < 4.78 is 5.25. The number of thiophene rings is 1. The van der Waals surface area contributed by atoms with Gasteiger partial charge in [-0.3, -0.25) is 0 Å². The molecular weight excluding hydrogens is 433 g/mol. The zero-order chi connectivity index (χ0) is 16.5. The van der Waals surface area contributed by atoms with Crippen molar-refractivity contribution in [2.45, 2.75) is 33.5 Å². The van der Waals surface area contributed by atoms with Gasteiger partial charge >= 0.3 is 0 Å². The Morgan fingerprint density at radius 2 is 1.92 bits per heavy atom. The molecule has 0 atom stereocenters. The highest BCUT2D eigenvalue weighted by atomic mass is 127. The molecule has 2 aromatic rings. The number of nitrogens with one attached hydrogen (secondary N) is 2. The second kappa shape index (κ2) is 11.4. The Hall–Kier alpha value is -1.12. The average molecular weight is 459 g/mol. The van der Waals surface area contributed by atoms with Gasteiger partial charge in [0.05, 0.1) is 19.7 Å². The van der Waals surface area contributed by atoms with Crippen LogP contribution in [0.1, 0.15) is 28.5 Å². The molecule has 132 valence electrons. The largest absolute Gasteiger partial charge is 0.380 e. The molecule has 0 unspecified atom stereocenters. The van der Waals surface area contributed by atoms with Crippen LogP contribution in [0, 0.1) is 6.92 Å². The maximum Gasteiger partial charge on any atom is 0.191 e. The van der Waals surface area contributed by atoms with E-state index in [1.165, 1.54) is 21.6 Å². The van der Waals surface area contributed by atoms with Gasteiger partial charge in [-0.2, -0.15) is 0 Å². The number of methoxy groups -OCH3 is 1. The molecular formula is C18H26IN3OS. The number of guanidine groups is 1. The van der Waals surface area contributed by atoms with Crippen LogP contribution in [0.25, 0.3) is 0 Å². The van der Waals surface area contributed by atoms with E-state index in [-0.39, 0.29) is 24.0 Å². The molecule has 0 saturated heterocycles. The van der Waals surface area contributed by atoms with Crippen molar-refractivity contribution in [1.82, 2.24) is 10.6 Å². The molecule has 1 aromatic heterocycles. The highest BCUT2D eigenvalue weighted by molar-refractivity contribution is 14.0. The fourth-order valence-electron chi connectivity index (χ4n) is 2.26. The third-order valence-electron chi connectivity index (χ3n) is 3.55. The molecule has 0 saturated carbocycles. The molecule has 2 rings (SSSR count). The lowest BCUT2D eigenvalue weighted by Gasteiger charge is -2.12. The number of hydrogen-bond donors (Lipinski definition) is 2. The van der Waals surface area contributed by atoms with Gasteiger partial charge in [-0.1, -0.05) is 24.3 Å². The standard InChI is InChI=1S/C18H25N3OS.HI/c1-4-19-18(21-12-17-14(2)9-10-23-17)20-11-15-7-5-6-8-16(15)13-22-3;/h5-10H,4,11-13H2,1-3H3,(H2,19,20,21);1H. The summed E-state index contributed by atoms with van der Waals surface area (Å²) in [6, 6.07) is 10.4. The normalized spacial score (nSPS) is 11.0. The van der Waals surface area contributed by atoms with Crippen LogP contribution in [0.15, 0.2) is 40.7 Å². The van der Waals surface area contributed by atoms with E-state index >= 15 is 0 Å². The lowest BCUT2D eigenvalue weighted by atomic mass is 10.1. The van der Waals surface area contributed by atoms with Gasteiger partial charge < -0.3 is 15.4 Å². The van der Waals surface area contributed by atoms with Crippen molar-refractivity contribution in [2.75, 3.05) is 13.7 Å². The van der Waals surface area contributed by atoms with Crippen molar-refractivity contribution in [3.63, 3.8) is 0 Å². The highest BCUT2D eigenvalue weighted by Crippen LogP contribution is 2.15. The fourth-order valence-corrected chi connectivity index (χ4v) is 3.11. The molecule has 1 aromatic carbocycles. The summed E-state index contributed by atoms with van der Waals surface area (Å²) in [6.45, 7) is 7.11. The van der Waals surface area contributed by atoms with Crippen LogP contribution >= 0.6 is 35.3 Å². The number of nitrogens with zero attached hydrogens (tertiary/aromatic N) is 1. The molecule has 24 heavy (non-hydrogen) atoms. The first-order valence-corrected chi connectivity index (χ1v) is 8.73. The van der Waals surface area contributed by atoms with Crippen molar-refractivity contribution in [3.05, 3.63) is 57.3 Å². The molecule has 0 aliphatic heterocycles. The monoisotopic (exact) mass is 459 g/mol. The predicted molar refractivity (Wildman–Crippen MR) is 113 cm³/mol. The first-order chi connectivity index (χ1) is 11.2. The fraction of sp³-hybridized carbons (Fsp3) is 0.389. The van der Waals surface area contributed by atoms with E-state index in [1.807, 2.05) is 12.1 Å². The lowest BCUT2D eigenvalue weighted by Crippen LogP contribution is -2.36. The Labute approximate surface area is 165 Å². The van der Waals surface area contributed by atoms with Crippen LogP contribution in [0.4, 0.5) is 0 Å². The SMILES string of the molecule is CCNC(=NCc1ccccc1COC)NCc1sccc1C.I. The van der Waals surface area contributed by atoms with Gasteiger partial charge in [0.2, 0.25) is 0 Å². The van der Waals surface area contributed by atoms with Gasteiger partial charge in [-0.15, -0.1) is 35.3 Å². The van der Waals surface area contributed by atoms with Crippen molar-refractivity contribution < 1.29 is 4.74 Å². The van der Waals surface area contributed by atoms with Crippen molar-refractivity contribution in [1.29, 1.82) is 0 Å². The molecule has 2 N–H and O–H groups in total. The van der Waals surface area contributed by atoms with Crippen molar-refractivity contribution >= 4 is 41.3 Å². The van der Waals surface area contributed by atoms with E-state index < -0.39 is 0 Å². The molecule has 0 radical (unpaired) electrons. The van der Waals surface area contributed by atoms with Crippen LogP contribution < -0.4 is 10.6 Å². The Morgan fingerprint density at radius 3 is 2.54 bits per heavy atom. The first kappa shape index (κ1) is 20.9. The minimum absolute atomic E-state index is 0. The number of halogens is 1. The van der Waals surface area contributed by atoms with E-state index in [9.17, 15) is 0 Å². The quantitative estimate of drug-likeness (QED) is 0.373. The molecule has 6 heteroatoms. The summed E-state index contributed by atoms with van der Waals surface area (Å²) in [5.41, 5.74) is 3.70. The van der Waals surface area contributed by atoms with E-state index in [0.29, 0.717) is 13.2 Å². The smallest absolute Gasteiger partial charge is 0.191 e. The minimum Gasteiger partial charge on any atom is -0.380 e. The number of hydrogen-bond acceptors (Lipinski definition) is 3. The average Bonchev–Trinajstić information content (AvgIpc) is 2.97. The summed E-state index contributed by atoms with van der Waals surface area (Å²) in [7, 11) is 1.72. The lowest BCUT2D eigenvalue weighted by molar-refractivity contribution is 0.184. The van der Waals surface area contributed by atoms with Gasteiger partial charge in [0.15, 0.2) is 5.96 Å². The van der Waals surface area contributed by atoms with Gasteiger partial charge in [0, 0.05) is 18.5 Å². The molecule has 0 bridgehead atoms. The van der Waals surface area contributed by atoms with Crippen molar-refractivity contribution in [2.24, 2.45) is 4.99 Å². The predicted octanol–water partition coefficient (Wildman–Crippen LogP) is 4.08. The second-order valence-electron chi connectivity index (χ2n) is 5.28. The van der Waals surface area contributed by atoms with Crippen LogP contribution in [0.3, 0.4) is 0 Å². The molecule has 0 spiro atoms. The summed E-state index contributed by atoms with van der Waals surface area (Å²) in [5, 5.41) is 8.82. The number of aliphatic imine (C=N–C) groups is 1. The zero-order valence-electron chi connectivity index (χ0n) is 14.5. The summed E-state index contributed by atoms with van der Waals surface area (Å²) >= 11 is 1.77. The number of ether oxygens (including phenoxy) is 1. The first-order valence-electron chi connectivity index (χ1n) is 7.85. The van der Waals surface area contributed by atoms with E-state index in [4.69, 9.17) is 9.73 Å². The van der Waals surface area contributed by atoms with Crippen LogP contribution in [-0.2, 0) is 24.4 Å². The minimum atomic E-state index is 0.